The Labute approximate surface area is 137 Å². The number of aryl methyl sites for hydroxylation is 3. The molecule has 0 radical (unpaired) electrons. The van der Waals surface area contributed by atoms with Crippen LogP contribution in [0.3, 0.4) is 0 Å². The maximum absolute atomic E-state index is 5.46. The van der Waals surface area contributed by atoms with Crippen LogP contribution in [0, 0.1) is 6.92 Å². The van der Waals surface area contributed by atoms with Crippen molar-refractivity contribution in [1.82, 2.24) is 19.5 Å². The molecule has 3 heterocycles. The van der Waals surface area contributed by atoms with Crippen molar-refractivity contribution < 1.29 is 4.74 Å². The number of imidazole rings is 1. The molecule has 0 bridgehead atoms. The Balaban J connectivity index is 1.53. The molecule has 0 unspecified atom stereocenters. The molecule has 6 nitrogen and oxygen atoms in total. The Hall–Kier alpha value is -1.95. The molecule has 124 valence electrons. The van der Waals surface area contributed by atoms with E-state index in [0.717, 1.165) is 68.7 Å². The van der Waals surface area contributed by atoms with Crippen LogP contribution >= 0.6 is 0 Å². The zero-order chi connectivity index (χ0) is 16.1. The average molecular weight is 315 g/mol. The standard InChI is InChI=1S/C17H25N5O/c1-3-17-19-7-9-22(17)8-4-6-18-16-11-15(20-13(2)21-16)14-5-10-23-12-14/h7,9,11,14H,3-6,8,10,12H2,1-2H3,(H,18,20,21)/t14-/m1/s1. The molecule has 6 heteroatoms. The lowest BCUT2D eigenvalue weighted by Gasteiger charge is -2.12. The van der Waals surface area contributed by atoms with Gasteiger partial charge in [0.25, 0.3) is 0 Å². The van der Waals surface area contributed by atoms with Gasteiger partial charge in [-0.2, -0.15) is 0 Å². The second kappa shape index (κ2) is 7.55. The van der Waals surface area contributed by atoms with Gasteiger partial charge >= 0.3 is 0 Å². The smallest absolute Gasteiger partial charge is 0.129 e. The second-order valence-electron chi connectivity index (χ2n) is 5.96. The van der Waals surface area contributed by atoms with Gasteiger partial charge < -0.3 is 14.6 Å². The van der Waals surface area contributed by atoms with Gasteiger partial charge in [0.2, 0.25) is 0 Å². The molecule has 0 amide bonds. The van der Waals surface area contributed by atoms with Gasteiger partial charge in [0.1, 0.15) is 17.5 Å². The van der Waals surface area contributed by atoms with Crippen LogP contribution in [0.5, 0.6) is 0 Å². The summed E-state index contributed by atoms with van der Waals surface area (Å²) in [5.74, 6) is 3.29. The molecule has 1 aliphatic rings. The molecule has 23 heavy (non-hydrogen) atoms. The lowest BCUT2D eigenvalue weighted by molar-refractivity contribution is 0.193. The lowest BCUT2D eigenvalue weighted by atomic mass is 10.0. The molecule has 1 saturated heterocycles. The molecule has 2 aromatic heterocycles. The number of hydrogen-bond acceptors (Lipinski definition) is 5. The summed E-state index contributed by atoms with van der Waals surface area (Å²) < 4.78 is 7.68. The van der Waals surface area contributed by atoms with Gasteiger partial charge in [-0.15, -0.1) is 0 Å². The molecule has 3 rings (SSSR count). The summed E-state index contributed by atoms with van der Waals surface area (Å²) >= 11 is 0. The van der Waals surface area contributed by atoms with E-state index in [0.29, 0.717) is 5.92 Å². The van der Waals surface area contributed by atoms with Crippen LogP contribution < -0.4 is 5.32 Å². The maximum atomic E-state index is 5.46. The zero-order valence-electron chi connectivity index (χ0n) is 14.0. The van der Waals surface area contributed by atoms with E-state index < -0.39 is 0 Å². The van der Waals surface area contributed by atoms with Crippen molar-refractivity contribution in [3.63, 3.8) is 0 Å². The highest BCUT2D eigenvalue weighted by atomic mass is 16.5. The molecule has 1 atom stereocenters. The minimum absolute atomic E-state index is 0.412. The Bertz CT molecular complexity index is 634. The molecular formula is C17H25N5O. The van der Waals surface area contributed by atoms with Gasteiger partial charge in [-0.1, -0.05) is 6.92 Å². The third kappa shape index (κ3) is 4.07. The normalized spacial score (nSPS) is 17.6. The van der Waals surface area contributed by atoms with Crippen LogP contribution in [0.1, 0.15) is 43.0 Å². The first-order chi connectivity index (χ1) is 11.3. The Morgan fingerprint density at radius 2 is 2.30 bits per heavy atom. The summed E-state index contributed by atoms with van der Waals surface area (Å²) in [6.45, 7) is 7.55. The van der Waals surface area contributed by atoms with Crippen molar-refractivity contribution >= 4 is 5.82 Å². The molecule has 2 aromatic rings. The maximum Gasteiger partial charge on any atom is 0.129 e. The fourth-order valence-corrected chi connectivity index (χ4v) is 2.98. The van der Waals surface area contributed by atoms with Crippen molar-refractivity contribution in [2.75, 3.05) is 25.1 Å². The Morgan fingerprint density at radius 1 is 1.39 bits per heavy atom. The Morgan fingerprint density at radius 3 is 3.09 bits per heavy atom. The van der Waals surface area contributed by atoms with Crippen LogP contribution in [-0.4, -0.2) is 39.3 Å². The third-order valence-electron chi connectivity index (χ3n) is 4.21. The highest BCUT2D eigenvalue weighted by molar-refractivity contribution is 5.37. The topological polar surface area (TPSA) is 64.9 Å². The first-order valence-corrected chi connectivity index (χ1v) is 8.43. The van der Waals surface area contributed by atoms with E-state index in [1.807, 2.05) is 19.3 Å². The summed E-state index contributed by atoms with van der Waals surface area (Å²) in [6.07, 6.45) is 6.98. The SMILES string of the molecule is CCc1nccn1CCCNc1cc([C@@H]2CCOC2)nc(C)n1. The van der Waals surface area contributed by atoms with E-state index in [2.05, 4.69) is 37.8 Å². The second-order valence-corrected chi connectivity index (χ2v) is 5.96. The monoisotopic (exact) mass is 315 g/mol. The van der Waals surface area contributed by atoms with Gasteiger partial charge in [-0.05, 0) is 19.8 Å². The van der Waals surface area contributed by atoms with E-state index in [-0.39, 0.29) is 0 Å². The van der Waals surface area contributed by atoms with Gasteiger partial charge in [0.05, 0.1) is 12.3 Å². The van der Waals surface area contributed by atoms with E-state index in [4.69, 9.17) is 4.74 Å². The third-order valence-corrected chi connectivity index (χ3v) is 4.21. The van der Waals surface area contributed by atoms with E-state index in [1.54, 1.807) is 0 Å². The highest BCUT2D eigenvalue weighted by Gasteiger charge is 2.20. The van der Waals surface area contributed by atoms with E-state index >= 15 is 0 Å². The first-order valence-electron chi connectivity index (χ1n) is 8.43. The van der Waals surface area contributed by atoms with Crippen molar-refractivity contribution in [1.29, 1.82) is 0 Å². The fourth-order valence-electron chi connectivity index (χ4n) is 2.98. The van der Waals surface area contributed by atoms with Crippen LogP contribution in [0.15, 0.2) is 18.5 Å². The number of ether oxygens (including phenoxy) is 1. The van der Waals surface area contributed by atoms with Crippen molar-refractivity contribution in [3.8, 4) is 0 Å². The number of rotatable bonds is 7. The quantitative estimate of drug-likeness (QED) is 0.796. The van der Waals surface area contributed by atoms with Crippen LogP contribution in [0.25, 0.3) is 0 Å². The average Bonchev–Trinajstić information content (AvgIpc) is 3.22. The van der Waals surface area contributed by atoms with Crippen LogP contribution in [0.2, 0.25) is 0 Å². The zero-order valence-corrected chi connectivity index (χ0v) is 14.0. The summed E-state index contributed by atoms with van der Waals surface area (Å²) in [5, 5.41) is 3.42. The summed E-state index contributed by atoms with van der Waals surface area (Å²) in [5.41, 5.74) is 1.10. The fraction of sp³-hybridized carbons (Fsp3) is 0.588. The Kier molecular flexibility index (Phi) is 5.23. The molecule has 0 aliphatic carbocycles. The summed E-state index contributed by atoms with van der Waals surface area (Å²) in [4.78, 5) is 13.4. The molecule has 0 spiro atoms. The van der Waals surface area contributed by atoms with Gasteiger partial charge in [-0.3, -0.25) is 0 Å². The summed E-state index contributed by atoms with van der Waals surface area (Å²) in [7, 11) is 0. The number of nitrogens with one attached hydrogen (secondary N) is 1. The molecule has 0 aromatic carbocycles. The minimum Gasteiger partial charge on any atom is -0.381 e. The van der Waals surface area contributed by atoms with Gasteiger partial charge in [-0.25, -0.2) is 15.0 Å². The van der Waals surface area contributed by atoms with Gasteiger partial charge in [0, 0.05) is 50.5 Å². The molecule has 1 N–H and O–H groups in total. The molecule has 1 fully saturated rings. The summed E-state index contributed by atoms with van der Waals surface area (Å²) in [6, 6.07) is 2.07. The van der Waals surface area contributed by atoms with Crippen molar-refractivity contribution in [3.05, 3.63) is 35.8 Å². The van der Waals surface area contributed by atoms with Crippen LogP contribution in [-0.2, 0) is 17.7 Å². The predicted molar refractivity (Wildman–Crippen MR) is 89.7 cm³/mol. The molecule has 1 aliphatic heterocycles. The van der Waals surface area contributed by atoms with Gasteiger partial charge in [0.15, 0.2) is 0 Å². The largest absolute Gasteiger partial charge is 0.381 e. The number of nitrogens with zero attached hydrogens (tertiary/aromatic N) is 4. The molecule has 0 saturated carbocycles. The van der Waals surface area contributed by atoms with Crippen molar-refractivity contribution in [2.24, 2.45) is 0 Å². The van der Waals surface area contributed by atoms with Crippen molar-refractivity contribution in [2.45, 2.75) is 45.6 Å². The predicted octanol–water partition coefficient (Wildman–Crippen LogP) is 2.55. The number of hydrogen-bond donors (Lipinski definition) is 1. The highest BCUT2D eigenvalue weighted by Crippen LogP contribution is 2.25. The van der Waals surface area contributed by atoms with E-state index in [9.17, 15) is 0 Å². The first kappa shape index (κ1) is 15.9. The minimum atomic E-state index is 0.412. The van der Waals surface area contributed by atoms with Crippen LogP contribution in [0.4, 0.5) is 5.82 Å². The molecular weight excluding hydrogens is 290 g/mol. The van der Waals surface area contributed by atoms with E-state index in [1.165, 1.54) is 0 Å². The number of aromatic nitrogens is 4. The lowest BCUT2D eigenvalue weighted by Crippen LogP contribution is -2.11. The number of anilines is 1.